The van der Waals surface area contributed by atoms with Crippen molar-refractivity contribution in [1.82, 2.24) is 0 Å². The lowest BCUT2D eigenvalue weighted by molar-refractivity contribution is -0.152. The molecule has 1 aromatic rings. The number of esters is 1. The van der Waals surface area contributed by atoms with Crippen LogP contribution in [0.25, 0.3) is 0 Å². The number of rotatable bonds is 3. The molecule has 0 saturated heterocycles. The van der Waals surface area contributed by atoms with Gasteiger partial charge in [-0.05, 0) is 44.0 Å². The molecule has 0 radical (unpaired) electrons. The maximum atomic E-state index is 11.7. The maximum Gasteiger partial charge on any atom is 0.313 e. The minimum absolute atomic E-state index is 0. The average molecular weight is 292 g/mol. The molecule has 5 heteroatoms. The highest BCUT2D eigenvalue weighted by molar-refractivity contribution is 6.30. The van der Waals surface area contributed by atoms with E-state index in [9.17, 15) is 4.79 Å². The van der Waals surface area contributed by atoms with E-state index in [-0.39, 0.29) is 18.4 Å². The first-order valence-electron chi connectivity index (χ1n) is 5.40. The van der Waals surface area contributed by atoms with Gasteiger partial charge in [-0.25, -0.2) is 0 Å². The van der Waals surface area contributed by atoms with Crippen LogP contribution in [0.4, 0.5) is 0 Å². The van der Waals surface area contributed by atoms with Crippen LogP contribution in [0.2, 0.25) is 5.02 Å². The van der Waals surface area contributed by atoms with Crippen molar-refractivity contribution in [3.05, 3.63) is 34.3 Å². The van der Waals surface area contributed by atoms with Crippen LogP contribution in [0.15, 0.2) is 18.2 Å². The maximum absolute atomic E-state index is 11.7. The number of halogens is 2. The van der Waals surface area contributed by atoms with Crippen LogP contribution in [0, 0.1) is 12.3 Å². The molecule has 0 heterocycles. The van der Waals surface area contributed by atoms with Crippen molar-refractivity contribution in [2.45, 2.75) is 26.8 Å². The number of nitrogens with two attached hydrogens (primary N) is 1. The molecule has 0 aliphatic carbocycles. The summed E-state index contributed by atoms with van der Waals surface area (Å²) in [5.74, 6) is -0.320. The van der Waals surface area contributed by atoms with Gasteiger partial charge in [-0.2, -0.15) is 0 Å². The molecule has 1 rings (SSSR count). The van der Waals surface area contributed by atoms with Gasteiger partial charge in [0.2, 0.25) is 0 Å². The van der Waals surface area contributed by atoms with Gasteiger partial charge in [-0.1, -0.05) is 17.7 Å². The van der Waals surface area contributed by atoms with Gasteiger partial charge >= 0.3 is 5.97 Å². The minimum atomic E-state index is -0.770. The summed E-state index contributed by atoms with van der Waals surface area (Å²) in [5, 5.41) is 0.661. The molecule has 0 unspecified atom stereocenters. The second-order valence-electron chi connectivity index (χ2n) is 4.69. The minimum Gasteiger partial charge on any atom is -0.469 e. The van der Waals surface area contributed by atoms with Crippen LogP contribution in [-0.2, 0) is 9.53 Å². The van der Waals surface area contributed by atoms with Gasteiger partial charge in [-0.15, -0.1) is 12.4 Å². The number of hydrogen-bond donors (Lipinski definition) is 1. The number of aryl methyl sites for hydroxylation is 1. The second-order valence-corrected chi connectivity index (χ2v) is 5.13. The van der Waals surface area contributed by atoms with Crippen LogP contribution >= 0.6 is 24.0 Å². The average Bonchev–Trinajstić information content (AvgIpc) is 2.27. The quantitative estimate of drug-likeness (QED) is 0.870. The molecule has 0 aromatic heterocycles. The third-order valence-corrected chi connectivity index (χ3v) is 3.29. The van der Waals surface area contributed by atoms with E-state index < -0.39 is 11.5 Å². The van der Waals surface area contributed by atoms with Crippen LogP contribution in [0.5, 0.6) is 0 Å². The Balaban J connectivity index is 0.00000289. The summed E-state index contributed by atoms with van der Waals surface area (Å²) in [5.41, 5.74) is 7.27. The van der Waals surface area contributed by atoms with E-state index in [0.717, 1.165) is 11.1 Å². The SMILES string of the molecule is COC(=O)C(C)(C)[C@@H](N)c1ccc(Cl)cc1C.Cl. The summed E-state index contributed by atoms with van der Waals surface area (Å²) in [6.45, 7) is 5.48. The molecule has 18 heavy (non-hydrogen) atoms. The monoisotopic (exact) mass is 291 g/mol. The van der Waals surface area contributed by atoms with Crippen molar-refractivity contribution in [3.8, 4) is 0 Å². The smallest absolute Gasteiger partial charge is 0.313 e. The fraction of sp³-hybridized carbons (Fsp3) is 0.462. The predicted octanol–water partition coefficient (Wildman–Crippen LogP) is 3.27. The normalized spacial score (nSPS) is 12.6. The van der Waals surface area contributed by atoms with Gasteiger partial charge < -0.3 is 10.5 Å². The van der Waals surface area contributed by atoms with Crippen LogP contribution in [0.3, 0.4) is 0 Å². The first-order chi connectivity index (χ1) is 7.80. The zero-order valence-electron chi connectivity index (χ0n) is 11.0. The highest BCUT2D eigenvalue weighted by Gasteiger charge is 2.37. The number of methoxy groups -OCH3 is 1. The lowest BCUT2D eigenvalue weighted by Crippen LogP contribution is -2.37. The van der Waals surface area contributed by atoms with E-state index in [1.165, 1.54) is 7.11 Å². The summed E-state index contributed by atoms with van der Waals surface area (Å²) >= 11 is 5.89. The van der Waals surface area contributed by atoms with Gasteiger partial charge in [0, 0.05) is 11.1 Å². The first kappa shape index (κ1) is 17.2. The van der Waals surface area contributed by atoms with Crippen molar-refractivity contribution in [1.29, 1.82) is 0 Å². The molecule has 1 aromatic carbocycles. The number of ether oxygens (including phenoxy) is 1. The Hall–Kier alpha value is -0.770. The zero-order valence-corrected chi connectivity index (χ0v) is 12.6. The third-order valence-electron chi connectivity index (χ3n) is 3.06. The molecule has 2 N–H and O–H groups in total. The topological polar surface area (TPSA) is 52.3 Å². The standard InChI is InChI=1S/C13H18ClNO2.ClH/c1-8-7-9(14)5-6-10(8)11(15)13(2,3)12(16)17-4;/h5-7,11H,15H2,1-4H3;1H/t11-;/m0./s1. The van der Waals surface area contributed by atoms with Gasteiger partial charge in [0.1, 0.15) is 0 Å². The Kier molecular flexibility index (Phi) is 6.14. The van der Waals surface area contributed by atoms with E-state index >= 15 is 0 Å². The molecule has 1 atom stereocenters. The molecule has 0 bridgehead atoms. The Morgan fingerprint density at radius 3 is 2.44 bits per heavy atom. The summed E-state index contributed by atoms with van der Waals surface area (Å²) in [6.07, 6.45) is 0. The highest BCUT2D eigenvalue weighted by atomic mass is 35.5. The Morgan fingerprint density at radius 1 is 1.44 bits per heavy atom. The predicted molar refractivity (Wildman–Crippen MR) is 76.2 cm³/mol. The zero-order chi connectivity index (χ0) is 13.2. The van der Waals surface area contributed by atoms with Gasteiger partial charge in [0.25, 0.3) is 0 Å². The Labute approximate surface area is 119 Å². The molecule has 0 amide bonds. The molecule has 0 aliphatic heterocycles. The lowest BCUT2D eigenvalue weighted by Gasteiger charge is -2.30. The van der Waals surface area contributed by atoms with Crippen molar-refractivity contribution in [2.75, 3.05) is 7.11 Å². The van der Waals surface area contributed by atoms with E-state index in [4.69, 9.17) is 22.1 Å². The highest BCUT2D eigenvalue weighted by Crippen LogP contribution is 2.34. The summed E-state index contributed by atoms with van der Waals surface area (Å²) in [6, 6.07) is 5.04. The number of carbonyl (C=O) groups is 1. The molecule has 0 spiro atoms. The molecular weight excluding hydrogens is 273 g/mol. The molecule has 0 fully saturated rings. The number of hydrogen-bond acceptors (Lipinski definition) is 3. The van der Waals surface area contributed by atoms with Crippen molar-refractivity contribution in [3.63, 3.8) is 0 Å². The first-order valence-corrected chi connectivity index (χ1v) is 5.78. The van der Waals surface area contributed by atoms with E-state index in [1.54, 1.807) is 19.9 Å². The Bertz CT molecular complexity index is 433. The molecule has 0 saturated carbocycles. The van der Waals surface area contributed by atoms with Crippen molar-refractivity contribution >= 4 is 30.0 Å². The van der Waals surface area contributed by atoms with E-state index in [2.05, 4.69) is 0 Å². The third kappa shape index (κ3) is 3.37. The van der Waals surface area contributed by atoms with Crippen molar-refractivity contribution < 1.29 is 9.53 Å². The molecule has 0 aliphatic rings. The lowest BCUT2D eigenvalue weighted by atomic mass is 9.80. The largest absolute Gasteiger partial charge is 0.469 e. The van der Waals surface area contributed by atoms with Crippen LogP contribution < -0.4 is 5.73 Å². The molecule has 102 valence electrons. The molecule has 3 nitrogen and oxygen atoms in total. The van der Waals surface area contributed by atoms with E-state index in [1.807, 2.05) is 19.1 Å². The van der Waals surface area contributed by atoms with Gasteiger partial charge in [0.05, 0.1) is 12.5 Å². The van der Waals surface area contributed by atoms with Crippen LogP contribution in [-0.4, -0.2) is 13.1 Å². The number of carbonyl (C=O) groups excluding carboxylic acids is 1. The fourth-order valence-corrected chi connectivity index (χ4v) is 1.99. The second kappa shape index (κ2) is 6.41. The van der Waals surface area contributed by atoms with Gasteiger partial charge in [0.15, 0.2) is 0 Å². The number of benzene rings is 1. The van der Waals surface area contributed by atoms with Crippen LogP contribution in [0.1, 0.15) is 31.0 Å². The van der Waals surface area contributed by atoms with E-state index in [0.29, 0.717) is 5.02 Å². The molecular formula is C13H19Cl2NO2. The Morgan fingerprint density at radius 2 is 2.00 bits per heavy atom. The van der Waals surface area contributed by atoms with Gasteiger partial charge in [-0.3, -0.25) is 4.79 Å². The van der Waals surface area contributed by atoms with Crippen molar-refractivity contribution in [2.24, 2.45) is 11.1 Å². The summed E-state index contributed by atoms with van der Waals surface area (Å²) < 4.78 is 4.78. The fourth-order valence-electron chi connectivity index (χ4n) is 1.77. The summed E-state index contributed by atoms with van der Waals surface area (Å²) in [7, 11) is 1.37. The summed E-state index contributed by atoms with van der Waals surface area (Å²) in [4.78, 5) is 11.7.